The molecule has 0 fully saturated rings. The van der Waals surface area contributed by atoms with Crippen LogP contribution in [-0.2, 0) is 20.4 Å². The molecule has 0 aromatic heterocycles. The van der Waals surface area contributed by atoms with Crippen molar-refractivity contribution >= 4 is 11.9 Å². The molecule has 0 aliphatic carbocycles. The van der Waals surface area contributed by atoms with Gasteiger partial charge in [-0.05, 0) is 34.1 Å². The number of carboxylic acid groups (broad SMARTS) is 1. The van der Waals surface area contributed by atoms with Crippen molar-refractivity contribution in [3.05, 3.63) is 34.9 Å². The second kappa shape index (κ2) is 5.99. The molecule has 0 amide bonds. The SMILES string of the molecule is CC(C)(C)c1cc(C2=NC(CC(=O)O)CO2)cc(C(C)(C)C)c1. The van der Waals surface area contributed by atoms with E-state index < -0.39 is 5.97 Å². The monoisotopic (exact) mass is 317 g/mol. The number of aliphatic imine (C=N–C) groups is 1. The van der Waals surface area contributed by atoms with Crippen molar-refractivity contribution in [1.29, 1.82) is 0 Å². The number of rotatable bonds is 3. The topological polar surface area (TPSA) is 58.9 Å². The number of ether oxygens (including phenoxy) is 1. The molecular weight excluding hydrogens is 290 g/mol. The van der Waals surface area contributed by atoms with E-state index >= 15 is 0 Å². The summed E-state index contributed by atoms with van der Waals surface area (Å²) in [6.45, 7) is 13.4. The lowest BCUT2D eigenvalue weighted by Crippen LogP contribution is -2.18. The van der Waals surface area contributed by atoms with Crippen molar-refractivity contribution in [2.24, 2.45) is 4.99 Å². The van der Waals surface area contributed by atoms with Crippen molar-refractivity contribution in [1.82, 2.24) is 0 Å². The third-order valence-electron chi connectivity index (χ3n) is 4.03. The highest BCUT2D eigenvalue weighted by Crippen LogP contribution is 2.31. The van der Waals surface area contributed by atoms with Crippen LogP contribution in [0, 0.1) is 0 Å². The van der Waals surface area contributed by atoms with Crippen LogP contribution in [0.15, 0.2) is 23.2 Å². The Kier molecular flexibility index (Phi) is 4.56. The number of hydrogen-bond acceptors (Lipinski definition) is 3. The fraction of sp³-hybridized carbons (Fsp3) is 0.579. The first-order valence-corrected chi connectivity index (χ1v) is 8.05. The maximum Gasteiger partial charge on any atom is 0.305 e. The van der Waals surface area contributed by atoms with E-state index in [2.05, 4.69) is 64.7 Å². The number of carbonyl (C=O) groups is 1. The van der Waals surface area contributed by atoms with Gasteiger partial charge in [0.15, 0.2) is 0 Å². The Bertz CT molecular complexity index is 601. The van der Waals surface area contributed by atoms with E-state index in [0.717, 1.165) is 5.56 Å². The Hall–Kier alpha value is -1.84. The fourth-order valence-electron chi connectivity index (χ4n) is 2.50. The second-order valence-electron chi connectivity index (χ2n) is 8.30. The van der Waals surface area contributed by atoms with Gasteiger partial charge in [-0.25, -0.2) is 4.99 Å². The van der Waals surface area contributed by atoms with Crippen LogP contribution in [-0.4, -0.2) is 29.6 Å². The number of nitrogens with zero attached hydrogens (tertiary/aromatic N) is 1. The molecule has 0 radical (unpaired) electrons. The molecule has 1 aromatic carbocycles. The van der Waals surface area contributed by atoms with Gasteiger partial charge >= 0.3 is 5.97 Å². The van der Waals surface area contributed by atoms with E-state index in [-0.39, 0.29) is 23.3 Å². The van der Waals surface area contributed by atoms with Gasteiger partial charge in [0.05, 0.1) is 12.5 Å². The first-order chi connectivity index (χ1) is 10.5. The molecule has 2 rings (SSSR count). The number of hydrogen-bond donors (Lipinski definition) is 1. The van der Waals surface area contributed by atoms with Crippen LogP contribution in [0.1, 0.15) is 64.7 Å². The average molecular weight is 317 g/mol. The summed E-state index contributed by atoms with van der Waals surface area (Å²) < 4.78 is 5.67. The van der Waals surface area contributed by atoms with E-state index in [1.807, 2.05) is 0 Å². The highest BCUT2D eigenvalue weighted by atomic mass is 16.5. The molecule has 0 bridgehead atoms. The van der Waals surface area contributed by atoms with Crippen molar-refractivity contribution in [2.75, 3.05) is 6.61 Å². The molecule has 1 unspecified atom stereocenters. The van der Waals surface area contributed by atoms with Crippen molar-refractivity contribution < 1.29 is 14.6 Å². The Morgan fingerprint density at radius 1 is 1.13 bits per heavy atom. The Balaban J connectivity index is 2.44. The van der Waals surface area contributed by atoms with Gasteiger partial charge < -0.3 is 9.84 Å². The molecule has 1 N–H and O–H groups in total. The van der Waals surface area contributed by atoms with E-state index in [0.29, 0.717) is 12.5 Å². The molecule has 1 aliphatic heterocycles. The molecule has 1 heterocycles. The molecule has 23 heavy (non-hydrogen) atoms. The largest absolute Gasteiger partial charge is 0.481 e. The van der Waals surface area contributed by atoms with Crippen LogP contribution in [0.5, 0.6) is 0 Å². The minimum atomic E-state index is -0.845. The summed E-state index contributed by atoms with van der Waals surface area (Å²) in [7, 11) is 0. The van der Waals surface area contributed by atoms with Crippen LogP contribution in [0.2, 0.25) is 0 Å². The molecule has 0 spiro atoms. The van der Waals surface area contributed by atoms with Crippen LogP contribution in [0.25, 0.3) is 0 Å². The molecule has 0 saturated heterocycles. The first-order valence-electron chi connectivity index (χ1n) is 8.05. The minimum absolute atomic E-state index is 0.00852. The zero-order valence-corrected chi connectivity index (χ0v) is 14.9. The van der Waals surface area contributed by atoms with E-state index in [1.54, 1.807) is 0 Å². The molecule has 1 aliphatic rings. The molecule has 4 heteroatoms. The summed E-state index contributed by atoms with van der Waals surface area (Å²) in [4.78, 5) is 15.3. The Morgan fingerprint density at radius 2 is 1.65 bits per heavy atom. The van der Waals surface area contributed by atoms with Gasteiger partial charge in [0, 0.05) is 5.56 Å². The quantitative estimate of drug-likeness (QED) is 0.919. The number of aliphatic carboxylic acids is 1. The summed E-state index contributed by atoms with van der Waals surface area (Å²) in [6, 6.07) is 6.17. The third-order valence-corrected chi connectivity index (χ3v) is 4.03. The van der Waals surface area contributed by atoms with Crippen LogP contribution in [0.3, 0.4) is 0 Å². The molecule has 1 aromatic rings. The van der Waals surface area contributed by atoms with Crippen molar-refractivity contribution in [2.45, 2.75) is 64.8 Å². The van der Waals surface area contributed by atoms with Gasteiger partial charge in [-0.15, -0.1) is 0 Å². The molecule has 4 nitrogen and oxygen atoms in total. The summed E-state index contributed by atoms with van der Waals surface area (Å²) in [5.74, 6) is -0.282. The van der Waals surface area contributed by atoms with Crippen molar-refractivity contribution in [3.63, 3.8) is 0 Å². The standard InChI is InChI=1S/C19H27NO3/c1-18(2,3)13-7-12(8-14(9-13)19(4,5)6)17-20-15(11-23-17)10-16(21)22/h7-9,15H,10-11H2,1-6H3,(H,21,22). The van der Waals surface area contributed by atoms with Gasteiger partial charge in [0.1, 0.15) is 6.61 Å². The Morgan fingerprint density at radius 3 is 2.09 bits per heavy atom. The average Bonchev–Trinajstić information content (AvgIpc) is 2.83. The van der Waals surface area contributed by atoms with Gasteiger partial charge in [-0.1, -0.05) is 47.6 Å². The van der Waals surface area contributed by atoms with Gasteiger partial charge in [-0.2, -0.15) is 0 Å². The zero-order chi connectivity index (χ0) is 17.4. The summed E-state index contributed by atoms with van der Waals surface area (Å²) in [5, 5.41) is 8.91. The van der Waals surface area contributed by atoms with Gasteiger partial charge in [-0.3, -0.25) is 4.79 Å². The summed E-state index contributed by atoms with van der Waals surface area (Å²) in [5.41, 5.74) is 3.45. The highest BCUT2D eigenvalue weighted by Gasteiger charge is 2.26. The fourth-order valence-corrected chi connectivity index (χ4v) is 2.50. The molecule has 0 saturated carbocycles. The number of carboxylic acids is 1. The third kappa shape index (κ3) is 4.34. The highest BCUT2D eigenvalue weighted by molar-refractivity contribution is 5.96. The van der Waals surface area contributed by atoms with Gasteiger partial charge in [0.2, 0.25) is 5.90 Å². The second-order valence-corrected chi connectivity index (χ2v) is 8.30. The lowest BCUT2D eigenvalue weighted by molar-refractivity contribution is -0.137. The smallest absolute Gasteiger partial charge is 0.305 e. The van der Waals surface area contributed by atoms with E-state index in [4.69, 9.17) is 9.84 Å². The maximum atomic E-state index is 10.8. The van der Waals surface area contributed by atoms with Crippen LogP contribution < -0.4 is 0 Å². The van der Waals surface area contributed by atoms with Crippen LogP contribution in [0.4, 0.5) is 0 Å². The first kappa shape index (κ1) is 17.5. The minimum Gasteiger partial charge on any atom is -0.481 e. The molecular formula is C19H27NO3. The molecule has 1 atom stereocenters. The van der Waals surface area contributed by atoms with Crippen molar-refractivity contribution in [3.8, 4) is 0 Å². The Labute approximate surface area is 138 Å². The number of benzene rings is 1. The lowest BCUT2D eigenvalue weighted by Gasteiger charge is -2.26. The molecule has 126 valence electrons. The lowest BCUT2D eigenvalue weighted by atomic mass is 9.79. The summed E-state index contributed by atoms with van der Waals surface area (Å²) in [6.07, 6.45) is 0.00852. The predicted octanol–water partition coefficient (Wildman–Crippen LogP) is 3.90. The van der Waals surface area contributed by atoms with E-state index in [9.17, 15) is 4.79 Å². The van der Waals surface area contributed by atoms with Crippen LogP contribution >= 0.6 is 0 Å². The van der Waals surface area contributed by atoms with Gasteiger partial charge in [0.25, 0.3) is 0 Å². The van der Waals surface area contributed by atoms with E-state index in [1.165, 1.54) is 11.1 Å². The predicted molar refractivity (Wildman–Crippen MR) is 92.4 cm³/mol. The normalized spacial score (nSPS) is 18.5. The maximum absolute atomic E-state index is 10.8. The zero-order valence-electron chi connectivity index (χ0n) is 14.9. The summed E-state index contributed by atoms with van der Waals surface area (Å²) >= 11 is 0.